The molecular formula is C25H36N4O4S. The maximum absolute atomic E-state index is 12.9. The Hall–Kier alpha value is -2.68. The Balaban J connectivity index is 1.55. The minimum absolute atomic E-state index is 0.0885. The van der Waals surface area contributed by atoms with Crippen LogP contribution in [0.2, 0.25) is 0 Å². The zero-order valence-corrected chi connectivity index (χ0v) is 21.3. The van der Waals surface area contributed by atoms with E-state index in [1.54, 1.807) is 7.11 Å². The van der Waals surface area contributed by atoms with Crippen LogP contribution in [0.5, 0.6) is 5.75 Å². The number of nitrogens with zero attached hydrogens (tertiary/aromatic N) is 4. The van der Waals surface area contributed by atoms with Crippen LogP contribution in [0.15, 0.2) is 24.3 Å². The predicted octanol–water partition coefficient (Wildman–Crippen LogP) is 3.94. The number of hydrogen-bond donors (Lipinski definition) is 0. The lowest BCUT2D eigenvalue weighted by atomic mass is 9.97. The van der Waals surface area contributed by atoms with Gasteiger partial charge in [0.2, 0.25) is 11.0 Å². The maximum Gasteiger partial charge on any atom is 0.309 e. The van der Waals surface area contributed by atoms with E-state index < -0.39 is 0 Å². The number of esters is 1. The summed E-state index contributed by atoms with van der Waals surface area (Å²) in [6, 6.07) is 7.93. The molecule has 0 N–H and O–H groups in total. The lowest BCUT2D eigenvalue weighted by Crippen LogP contribution is -2.42. The molecule has 1 aromatic carbocycles. The van der Waals surface area contributed by atoms with E-state index in [1.807, 2.05) is 36.1 Å². The summed E-state index contributed by atoms with van der Waals surface area (Å²) < 4.78 is 15.0. The highest BCUT2D eigenvalue weighted by atomic mass is 32.1. The summed E-state index contributed by atoms with van der Waals surface area (Å²) in [5.74, 6) is 1.50. The van der Waals surface area contributed by atoms with Crippen LogP contribution in [0.1, 0.15) is 57.3 Å². The van der Waals surface area contributed by atoms with Gasteiger partial charge in [0.25, 0.3) is 0 Å². The highest BCUT2D eigenvalue weighted by Gasteiger charge is 2.28. The molecule has 9 heteroatoms. The van der Waals surface area contributed by atoms with Gasteiger partial charge in [-0.05, 0) is 43.9 Å². The van der Waals surface area contributed by atoms with Gasteiger partial charge < -0.3 is 19.3 Å². The van der Waals surface area contributed by atoms with E-state index in [1.165, 1.54) is 11.5 Å². The number of carbonyl (C=O) groups is 2. The number of benzene rings is 1. The zero-order valence-electron chi connectivity index (χ0n) is 20.5. The number of piperidine rings is 1. The van der Waals surface area contributed by atoms with Gasteiger partial charge in [0, 0.05) is 50.6 Å². The molecule has 2 aromatic rings. The van der Waals surface area contributed by atoms with Crippen molar-refractivity contribution in [1.82, 2.24) is 14.3 Å². The van der Waals surface area contributed by atoms with Gasteiger partial charge in [-0.1, -0.05) is 25.5 Å². The van der Waals surface area contributed by atoms with Crippen LogP contribution in [0, 0.1) is 5.92 Å². The molecular weight excluding hydrogens is 452 g/mol. The number of rotatable bonds is 12. The second kappa shape index (κ2) is 13.3. The summed E-state index contributed by atoms with van der Waals surface area (Å²) in [7, 11) is 1.66. The Morgan fingerprint density at radius 1 is 1.21 bits per heavy atom. The van der Waals surface area contributed by atoms with Crippen LogP contribution in [0.3, 0.4) is 0 Å². The minimum Gasteiger partial charge on any atom is -0.497 e. The topological polar surface area (TPSA) is 84.9 Å². The first kappa shape index (κ1) is 25.9. The van der Waals surface area contributed by atoms with Gasteiger partial charge >= 0.3 is 5.97 Å². The molecule has 0 bridgehead atoms. The molecule has 1 fully saturated rings. The van der Waals surface area contributed by atoms with Crippen molar-refractivity contribution < 1.29 is 19.1 Å². The minimum atomic E-state index is -0.138. The molecule has 0 unspecified atom stereocenters. The number of anilines is 1. The summed E-state index contributed by atoms with van der Waals surface area (Å²) in [4.78, 5) is 33.6. The van der Waals surface area contributed by atoms with Crippen LogP contribution in [-0.2, 0) is 20.7 Å². The van der Waals surface area contributed by atoms with Crippen molar-refractivity contribution >= 4 is 28.5 Å². The number of carbonyl (C=O) groups excluding carboxylic acids is 2. The number of ether oxygens (including phenoxy) is 2. The fourth-order valence-electron chi connectivity index (χ4n) is 4.08. The molecule has 1 saturated heterocycles. The summed E-state index contributed by atoms with van der Waals surface area (Å²) >= 11 is 1.39. The molecule has 1 aliphatic rings. The number of aromatic nitrogens is 2. The first-order chi connectivity index (χ1) is 16.5. The van der Waals surface area contributed by atoms with Crippen LogP contribution in [-0.4, -0.2) is 66.0 Å². The zero-order chi connectivity index (χ0) is 24.3. The molecule has 3 rings (SSSR count). The molecule has 0 atom stereocenters. The van der Waals surface area contributed by atoms with Crippen LogP contribution in [0.25, 0.3) is 0 Å². The first-order valence-electron chi connectivity index (χ1n) is 12.2. The molecule has 2 heterocycles. The Labute approximate surface area is 206 Å². The van der Waals surface area contributed by atoms with E-state index in [0.717, 1.165) is 41.7 Å². The summed E-state index contributed by atoms with van der Waals surface area (Å²) in [6.07, 6.45) is 4.52. The van der Waals surface area contributed by atoms with E-state index in [2.05, 4.69) is 16.2 Å². The monoisotopic (exact) mass is 488 g/mol. The van der Waals surface area contributed by atoms with Crippen molar-refractivity contribution in [3.8, 4) is 5.75 Å². The maximum atomic E-state index is 12.9. The van der Waals surface area contributed by atoms with Gasteiger partial charge in [-0.25, -0.2) is 4.98 Å². The quantitative estimate of drug-likeness (QED) is 0.419. The van der Waals surface area contributed by atoms with Gasteiger partial charge in [-0.3, -0.25) is 9.59 Å². The third kappa shape index (κ3) is 7.41. The number of amides is 1. The highest BCUT2D eigenvalue weighted by Crippen LogP contribution is 2.23. The molecule has 0 spiro atoms. The number of methoxy groups -OCH3 is 1. The average Bonchev–Trinajstić information content (AvgIpc) is 3.32. The number of likely N-dealkylation sites (tertiary alicyclic amines) is 1. The molecule has 0 radical (unpaired) electrons. The molecule has 1 amide bonds. The largest absolute Gasteiger partial charge is 0.497 e. The summed E-state index contributed by atoms with van der Waals surface area (Å²) in [5.41, 5.74) is 1.10. The van der Waals surface area contributed by atoms with Crippen molar-refractivity contribution in [2.45, 2.75) is 52.4 Å². The average molecular weight is 489 g/mol. The SMILES string of the molecule is CCCCN(CCC(=O)N1CCC(C(=O)OCC)CC1)c1nc(Cc2cccc(OC)c2)ns1. The van der Waals surface area contributed by atoms with Crippen molar-refractivity contribution in [1.29, 1.82) is 0 Å². The van der Waals surface area contributed by atoms with Crippen molar-refractivity contribution in [3.05, 3.63) is 35.7 Å². The molecule has 0 saturated carbocycles. The second-order valence-corrected chi connectivity index (χ2v) is 9.25. The van der Waals surface area contributed by atoms with E-state index in [-0.39, 0.29) is 17.8 Å². The Bertz CT molecular complexity index is 927. The van der Waals surface area contributed by atoms with Gasteiger partial charge in [-0.15, -0.1) is 0 Å². The second-order valence-electron chi connectivity index (χ2n) is 8.52. The van der Waals surface area contributed by atoms with Crippen molar-refractivity contribution in [3.63, 3.8) is 0 Å². The highest BCUT2D eigenvalue weighted by molar-refractivity contribution is 7.09. The standard InChI is InChI=1S/C25H36N4O4S/c1-4-6-13-29(16-12-23(30)28-14-10-20(11-15-28)24(31)33-5-2)25-26-22(27-34-25)18-19-8-7-9-21(17-19)32-3/h7-9,17,20H,4-6,10-16,18H2,1-3H3. The third-order valence-corrected chi connectivity index (χ3v) is 6.88. The van der Waals surface area contributed by atoms with E-state index in [4.69, 9.17) is 14.5 Å². The molecule has 186 valence electrons. The Kier molecular flexibility index (Phi) is 10.1. The molecule has 0 aliphatic carbocycles. The van der Waals surface area contributed by atoms with Gasteiger partial charge in [0.05, 0.1) is 19.6 Å². The molecule has 1 aliphatic heterocycles. The fraction of sp³-hybridized carbons (Fsp3) is 0.600. The van der Waals surface area contributed by atoms with Gasteiger partial charge in [0.15, 0.2) is 0 Å². The van der Waals surface area contributed by atoms with Gasteiger partial charge in [0.1, 0.15) is 11.6 Å². The lowest BCUT2D eigenvalue weighted by molar-refractivity contribution is -0.151. The first-order valence-corrected chi connectivity index (χ1v) is 13.0. The van der Waals surface area contributed by atoms with E-state index in [0.29, 0.717) is 51.9 Å². The van der Waals surface area contributed by atoms with Crippen LogP contribution < -0.4 is 9.64 Å². The van der Waals surface area contributed by atoms with Crippen molar-refractivity contribution in [2.75, 3.05) is 44.8 Å². The lowest BCUT2D eigenvalue weighted by Gasteiger charge is -2.31. The number of unbranched alkanes of at least 4 members (excludes halogenated alkanes) is 1. The fourth-order valence-corrected chi connectivity index (χ4v) is 4.81. The smallest absolute Gasteiger partial charge is 0.309 e. The third-order valence-electron chi connectivity index (χ3n) is 6.07. The normalized spacial score (nSPS) is 14.1. The Morgan fingerprint density at radius 2 is 2.00 bits per heavy atom. The number of hydrogen-bond acceptors (Lipinski definition) is 8. The van der Waals surface area contributed by atoms with Gasteiger partial charge in [-0.2, -0.15) is 4.37 Å². The summed E-state index contributed by atoms with van der Waals surface area (Å²) in [6.45, 7) is 7.07. The Morgan fingerprint density at radius 3 is 2.71 bits per heavy atom. The van der Waals surface area contributed by atoms with Crippen molar-refractivity contribution in [2.24, 2.45) is 5.92 Å². The molecule has 8 nitrogen and oxygen atoms in total. The van der Waals surface area contributed by atoms with E-state index in [9.17, 15) is 9.59 Å². The van der Waals surface area contributed by atoms with E-state index >= 15 is 0 Å². The molecule has 1 aromatic heterocycles. The predicted molar refractivity (Wildman–Crippen MR) is 133 cm³/mol. The summed E-state index contributed by atoms with van der Waals surface area (Å²) in [5, 5.41) is 0.861. The van der Waals surface area contributed by atoms with Crippen LogP contribution >= 0.6 is 11.5 Å². The molecule has 34 heavy (non-hydrogen) atoms. The van der Waals surface area contributed by atoms with Crippen LogP contribution in [0.4, 0.5) is 5.13 Å².